The van der Waals surface area contributed by atoms with Crippen molar-refractivity contribution < 1.29 is 9.90 Å². The second-order valence-electron chi connectivity index (χ2n) is 5.79. The third-order valence-electron chi connectivity index (χ3n) is 3.66. The van der Waals surface area contributed by atoms with Gasteiger partial charge in [-0.2, -0.15) is 0 Å². The van der Waals surface area contributed by atoms with Crippen molar-refractivity contribution in [2.45, 2.75) is 45.6 Å². The second-order valence-corrected chi connectivity index (χ2v) is 6.20. The van der Waals surface area contributed by atoms with E-state index in [2.05, 4.69) is 23.7 Å². The molecule has 0 atom stereocenters. The summed E-state index contributed by atoms with van der Waals surface area (Å²) >= 11 is 5.90. The molecule has 0 unspecified atom stereocenters. The maximum Gasteiger partial charge on any atom is 0.356 e. The summed E-state index contributed by atoms with van der Waals surface area (Å²) in [5.74, 6) is 0.154. The lowest BCUT2D eigenvalue weighted by atomic mass is 10.1. The number of aromatic carboxylic acids is 1. The van der Waals surface area contributed by atoms with Crippen molar-refractivity contribution in [1.29, 1.82) is 0 Å². The number of aromatic nitrogens is 1. The Balaban J connectivity index is 2.32. The zero-order valence-corrected chi connectivity index (χ0v) is 12.7. The summed E-state index contributed by atoms with van der Waals surface area (Å²) in [6, 6.07) is 3.93. The van der Waals surface area contributed by atoms with Gasteiger partial charge in [0.05, 0.1) is 5.02 Å². The van der Waals surface area contributed by atoms with Crippen LogP contribution < -0.4 is 4.90 Å². The van der Waals surface area contributed by atoms with Gasteiger partial charge in [-0.1, -0.05) is 38.3 Å². The lowest BCUT2D eigenvalue weighted by Gasteiger charge is -2.32. The van der Waals surface area contributed by atoms with Gasteiger partial charge in [0.2, 0.25) is 0 Å². The Morgan fingerprint density at radius 3 is 2.65 bits per heavy atom. The van der Waals surface area contributed by atoms with Gasteiger partial charge in [0.25, 0.3) is 0 Å². The van der Waals surface area contributed by atoms with Crippen LogP contribution in [0.15, 0.2) is 12.1 Å². The molecule has 0 spiro atoms. The molecule has 1 saturated carbocycles. The molecular weight excluding hydrogens is 276 g/mol. The first kappa shape index (κ1) is 15.1. The van der Waals surface area contributed by atoms with Crippen LogP contribution in [0.1, 0.15) is 50.0 Å². The highest BCUT2D eigenvalue weighted by molar-refractivity contribution is 6.33. The van der Waals surface area contributed by atoms with Gasteiger partial charge < -0.3 is 10.0 Å². The van der Waals surface area contributed by atoms with E-state index in [0.717, 1.165) is 25.2 Å². The van der Waals surface area contributed by atoms with E-state index in [1.165, 1.54) is 12.8 Å². The highest BCUT2D eigenvalue weighted by atomic mass is 35.5. The zero-order chi connectivity index (χ0) is 14.7. The number of hydrogen-bond acceptors (Lipinski definition) is 3. The number of rotatable bonds is 5. The van der Waals surface area contributed by atoms with Crippen LogP contribution in [0.3, 0.4) is 0 Å². The Bertz CT molecular complexity index is 485. The summed E-state index contributed by atoms with van der Waals surface area (Å²) in [6.07, 6.45) is 4.77. The summed E-state index contributed by atoms with van der Waals surface area (Å²) < 4.78 is 0. The molecule has 1 fully saturated rings. The topological polar surface area (TPSA) is 53.4 Å². The van der Waals surface area contributed by atoms with E-state index >= 15 is 0 Å². The van der Waals surface area contributed by atoms with Gasteiger partial charge in [-0.3, -0.25) is 0 Å². The minimum Gasteiger partial charge on any atom is -0.476 e. The number of carbonyl (C=O) groups is 1. The van der Waals surface area contributed by atoms with E-state index in [1.54, 1.807) is 6.07 Å². The number of halogens is 1. The third-order valence-corrected chi connectivity index (χ3v) is 3.96. The van der Waals surface area contributed by atoms with Crippen molar-refractivity contribution in [1.82, 2.24) is 4.98 Å². The predicted octanol–water partition coefficient (Wildman–Crippen LogP) is 3.84. The van der Waals surface area contributed by atoms with Gasteiger partial charge in [-0.15, -0.1) is 0 Å². The normalized spacial score (nSPS) is 15.8. The largest absolute Gasteiger partial charge is 0.476 e. The molecule has 1 aromatic rings. The highest BCUT2D eigenvalue weighted by Crippen LogP contribution is 2.29. The van der Waals surface area contributed by atoms with Gasteiger partial charge in [0.1, 0.15) is 5.82 Å². The predicted molar refractivity (Wildman–Crippen MR) is 80.6 cm³/mol. The Morgan fingerprint density at radius 2 is 2.10 bits per heavy atom. The van der Waals surface area contributed by atoms with Crippen LogP contribution in [0, 0.1) is 5.92 Å². The maximum absolute atomic E-state index is 11.2. The zero-order valence-electron chi connectivity index (χ0n) is 12.0. The number of hydrogen-bond donors (Lipinski definition) is 1. The fraction of sp³-hybridized carbons (Fsp3) is 0.600. The Labute approximate surface area is 124 Å². The fourth-order valence-electron chi connectivity index (χ4n) is 2.78. The van der Waals surface area contributed by atoms with E-state index in [4.69, 9.17) is 16.7 Å². The standard InChI is InChI=1S/C15H21ClN2O2/c1-10(2)9-18(11-5-3-4-6-11)13-8-7-12(16)14(17-13)15(19)20/h7-8,10-11H,3-6,9H2,1-2H3,(H,19,20). The average Bonchev–Trinajstić information content (AvgIpc) is 2.90. The van der Waals surface area contributed by atoms with Crippen molar-refractivity contribution in [3.63, 3.8) is 0 Å². The lowest BCUT2D eigenvalue weighted by Crippen LogP contribution is -2.37. The molecule has 1 aromatic heterocycles. The summed E-state index contributed by atoms with van der Waals surface area (Å²) in [5, 5.41) is 9.35. The number of anilines is 1. The molecule has 1 aliphatic carbocycles. The minimum absolute atomic E-state index is 0.0593. The van der Waals surface area contributed by atoms with Gasteiger partial charge in [-0.25, -0.2) is 9.78 Å². The first-order chi connectivity index (χ1) is 9.49. The summed E-state index contributed by atoms with van der Waals surface area (Å²) in [5.41, 5.74) is -0.0593. The summed E-state index contributed by atoms with van der Waals surface area (Å²) in [7, 11) is 0. The van der Waals surface area contributed by atoms with Crippen LogP contribution in [-0.4, -0.2) is 28.6 Å². The van der Waals surface area contributed by atoms with Crippen LogP contribution in [0.5, 0.6) is 0 Å². The quantitative estimate of drug-likeness (QED) is 0.897. The van der Waals surface area contributed by atoms with Gasteiger partial charge in [0, 0.05) is 12.6 Å². The van der Waals surface area contributed by atoms with E-state index in [9.17, 15) is 4.79 Å². The number of pyridine rings is 1. The number of carboxylic acids is 1. The van der Waals surface area contributed by atoms with E-state index in [-0.39, 0.29) is 10.7 Å². The SMILES string of the molecule is CC(C)CN(c1ccc(Cl)c(C(=O)O)n1)C1CCCC1. The highest BCUT2D eigenvalue weighted by Gasteiger charge is 2.25. The van der Waals surface area contributed by atoms with Crippen molar-refractivity contribution in [3.05, 3.63) is 22.8 Å². The average molecular weight is 297 g/mol. The van der Waals surface area contributed by atoms with E-state index in [0.29, 0.717) is 12.0 Å². The first-order valence-electron chi connectivity index (χ1n) is 7.15. The minimum atomic E-state index is -1.08. The van der Waals surface area contributed by atoms with Crippen LogP contribution in [-0.2, 0) is 0 Å². The van der Waals surface area contributed by atoms with Crippen molar-refractivity contribution in [2.24, 2.45) is 5.92 Å². The van der Waals surface area contributed by atoms with Gasteiger partial charge in [0.15, 0.2) is 5.69 Å². The molecule has 1 aliphatic rings. The van der Waals surface area contributed by atoms with Crippen molar-refractivity contribution >= 4 is 23.4 Å². The molecule has 20 heavy (non-hydrogen) atoms. The Morgan fingerprint density at radius 1 is 1.45 bits per heavy atom. The summed E-state index contributed by atoms with van der Waals surface area (Å²) in [6.45, 7) is 5.21. The van der Waals surface area contributed by atoms with Crippen LogP contribution in [0.25, 0.3) is 0 Å². The molecule has 2 rings (SSSR count). The Kier molecular flexibility index (Phi) is 4.86. The molecule has 1 N–H and O–H groups in total. The van der Waals surface area contributed by atoms with Gasteiger partial charge in [-0.05, 0) is 30.9 Å². The molecule has 0 aliphatic heterocycles. The third kappa shape index (κ3) is 3.42. The molecule has 0 saturated heterocycles. The lowest BCUT2D eigenvalue weighted by molar-refractivity contribution is 0.0691. The smallest absolute Gasteiger partial charge is 0.356 e. The molecule has 0 radical (unpaired) electrons. The maximum atomic E-state index is 11.2. The van der Waals surface area contributed by atoms with E-state index in [1.807, 2.05) is 6.07 Å². The van der Waals surface area contributed by atoms with Crippen molar-refractivity contribution in [3.8, 4) is 0 Å². The molecule has 0 amide bonds. The second kappa shape index (κ2) is 6.44. The molecular formula is C15H21ClN2O2. The van der Waals surface area contributed by atoms with Crippen LogP contribution >= 0.6 is 11.6 Å². The number of carboxylic acid groups (broad SMARTS) is 1. The molecule has 110 valence electrons. The molecule has 0 aromatic carbocycles. The molecule has 0 bridgehead atoms. The van der Waals surface area contributed by atoms with Crippen LogP contribution in [0.4, 0.5) is 5.82 Å². The molecule has 1 heterocycles. The number of nitrogens with zero attached hydrogens (tertiary/aromatic N) is 2. The first-order valence-corrected chi connectivity index (χ1v) is 7.53. The van der Waals surface area contributed by atoms with E-state index < -0.39 is 5.97 Å². The van der Waals surface area contributed by atoms with Crippen molar-refractivity contribution in [2.75, 3.05) is 11.4 Å². The van der Waals surface area contributed by atoms with Gasteiger partial charge >= 0.3 is 5.97 Å². The molecule has 5 heteroatoms. The summed E-state index contributed by atoms with van der Waals surface area (Å²) in [4.78, 5) is 17.7. The monoisotopic (exact) mass is 296 g/mol. The Hall–Kier alpha value is -1.29. The van der Waals surface area contributed by atoms with Crippen LogP contribution in [0.2, 0.25) is 5.02 Å². The fourth-order valence-corrected chi connectivity index (χ4v) is 2.97. The molecule has 4 nitrogen and oxygen atoms in total.